The van der Waals surface area contributed by atoms with Crippen molar-refractivity contribution in [3.8, 4) is 18.2 Å². The second kappa shape index (κ2) is 6.19. The van der Waals surface area contributed by atoms with E-state index in [2.05, 4.69) is 18.2 Å². The van der Waals surface area contributed by atoms with E-state index in [1.807, 2.05) is 18.2 Å². The number of rotatable bonds is 3. The Hall–Kier alpha value is -3.09. The first kappa shape index (κ1) is 13.3. The third-order valence-electron chi connectivity index (χ3n) is 3.07. The molecule has 0 heterocycles. The molecule has 20 heavy (non-hydrogen) atoms. The van der Waals surface area contributed by atoms with Gasteiger partial charge in [0.05, 0.1) is 35.3 Å². The van der Waals surface area contributed by atoms with Crippen molar-refractivity contribution in [3.63, 3.8) is 0 Å². The fraction of sp³-hybridized carbons (Fsp3) is 0.118. The lowest BCUT2D eigenvalue weighted by Gasteiger charge is -2.10. The van der Waals surface area contributed by atoms with E-state index in [0.717, 1.165) is 11.1 Å². The van der Waals surface area contributed by atoms with Crippen molar-refractivity contribution in [2.75, 3.05) is 0 Å². The van der Waals surface area contributed by atoms with E-state index in [-0.39, 0.29) is 5.92 Å². The summed E-state index contributed by atoms with van der Waals surface area (Å²) in [6, 6.07) is 20.8. The smallest absolute Gasteiger partial charge is 0.0991 e. The molecule has 0 aliphatic heterocycles. The largest absolute Gasteiger partial charge is 0.198 e. The van der Waals surface area contributed by atoms with Gasteiger partial charge < -0.3 is 0 Å². The standard InChI is InChI=1S/C17H11N3/c18-10-14-4-1-3-13(7-14)8-17(12-20)16-6-2-5-15(9-16)11-19/h1-7,9,17H,8H2. The summed E-state index contributed by atoms with van der Waals surface area (Å²) in [7, 11) is 0. The molecule has 0 N–H and O–H groups in total. The highest BCUT2D eigenvalue weighted by Crippen LogP contribution is 2.21. The molecule has 0 spiro atoms. The zero-order valence-electron chi connectivity index (χ0n) is 10.7. The normalized spacial score (nSPS) is 10.8. The summed E-state index contributed by atoms with van der Waals surface area (Å²) in [4.78, 5) is 0. The summed E-state index contributed by atoms with van der Waals surface area (Å²) in [5, 5.41) is 27.1. The highest BCUT2D eigenvalue weighted by molar-refractivity contribution is 5.39. The fourth-order valence-electron chi connectivity index (χ4n) is 2.07. The molecule has 0 amide bonds. The van der Waals surface area contributed by atoms with Crippen LogP contribution < -0.4 is 0 Å². The molecule has 0 aliphatic rings. The van der Waals surface area contributed by atoms with Crippen molar-refractivity contribution in [1.82, 2.24) is 0 Å². The summed E-state index contributed by atoms with van der Waals surface area (Å²) in [6.45, 7) is 0. The first-order valence-electron chi connectivity index (χ1n) is 6.15. The maximum atomic E-state index is 9.33. The number of benzene rings is 2. The Labute approximate surface area is 117 Å². The van der Waals surface area contributed by atoms with Crippen molar-refractivity contribution in [3.05, 3.63) is 70.8 Å². The molecule has 0 aliphatic carbocycles. The molecule has 1 unspecified atom stereocenters. The van der Waals surface area contributed by atoms with Gasteiger partial charge in [-0.05, 0) is 41.8 Å². The summed E-state index contributed by atoms with van der Waals surface area (Å²) in [5.74, 6) is -0.322. The van der Waals surface area contributed by atoms with Crippen molar-refractivity contribution >= 4 is 0 Å². The zero-order valence-corrected chi connectivity index (χ0v) is 10.7. The van der Waals surface area contributed by atoms with Crippen LogP contribution in [0.5, 0.6) is 0 Å². The van der Waals surface area contributed by atoms with Gasteiger partial charge in [0.15, 0.2) is 0 Å². The van der Waals surface area contributed by atoms with Gasteiger partial charge in [-0.15, -0.1) is 0 Å². The van der Waals surface area contributed by atoms with E-state index in [4.69, 9.17) is 10.5 Å². The Balaban J connectivity index is 2.27. The Morgan fingerprint density at radius 2 is 1.50 bits per heavy atom. The van der Waals surface area contributed by atoms with Crippen molar-refractivity contribution in [2.24, 2.45) is 0 Å². The molecule has 0 bridgehead atoms. The number of hydrogen-bond donors (Lipinski definition) is 0. The lowest BCUT2D eigenvalue weighted by Crippen LogP contribution is -2.01. The lowest BCUT2D eigenvalue weighted by atomic mass is 9.92. The van der Waals surface area contributed by atoms with Crippen LogP contribution in [-0.4, -0.2) is 0 Å². The van der Waals surface area contributed by atoms with Gasteiger partial charge in [0.2, 0.25) is 0 Å². The first-order chi connectivity index (χ1) is 9.76. The van der Waals surface area contributed by atoms with Gasteiger partial charge in [0.1, 0.15) is 0 Å². The van der Waals surface area contributed by atoms with E-state index in [0.29, 0.717) is 17.5 Å². The summed E-state index contributed by atoms with van der Waals surface area (Å²) in [5.41, 5.74) is 2.91. The average molecular weight is 257 g/mol. The topological polar surface area (TPSA) is 71.4 Å². The monoisotopic (exact) mass is 257 g/mol. The third-order valence-corrected chi connectivity index (χ3v) is 3.07. The molecule has 2 aromatic carbocycles. The highest BCUT2D eigenvalue weighted by Gasteiger charge is 2.12. The van der Waals surface area contributed by atoms with Crippen LogP contribution in [-0.2, 0) is 6.42 Å². The maximum Gasteiger partial charge on any atom is 0.0991 e. The van der Waals surface area contributed by atoms with Gasteiger partial charge in [-0.2, -0.15) is 15.8 Å². The lowest BCUT2D eigenvalue weighted by molar-refractivity contribution is 0.848. The molecule has 2 rings (SSSR count). The molecule has 3 nitrogen and oxygen atoms in total. The molecule has 3 heteroatoms. The van der Waals surface area contributed by atoms with Crippen molar-refractivity contribution < 1.29 is 0 Å². The molecule has 0 saturated carbocycles. The average Bonchev–Trinajstić information content (AvgIpc) is 2.52. The van der Waals surface area contributed by atoms with E-state index in [1.165, 1.54) is 0 Å². The molecule has 0 aromatic heterocycles. The van der Waals surface area contributed by atoms with Crippen molar-refractivity contribution in [2.45, 2.75) is 12.3 Å². The van der Waals surface area contributed by atoms with E-state index < -0.39 is 0 Å². The van der Waals surface area contributed by atoms with E-state index >= 15 is 0 Å². The predicted molar refractivity (Wildman–Crippen MR) is 74.4 cm³/mol. The minimum Gasteiger partial charge on any atom is -0.198 e. The summed E-state index contributed by atoms with van der Waals surface area (Å²) in [6.07, 6.45) is 0.529. The molecule has 0 radical (unpaired) electrons. The molecular formula is C17H11N3. The van der Waals surface area contributed by atoms with Crippen LogP contribution >= 0.6 is 0 Å². The van der Waals surface area contributed by atoms with Gasteiger partial charge in [-0.25, -0.2) is 0 Å². The number of nitrogens with zero attached hydrogens (tertiary/aromatic N) is 3. The molecule has 94 valence electrons. The highest BCUT2D eigenvalue weighted by atomic mass is 14.3. The first-order valence-corrected chi connectivity index (χ1v) is 6.15. The third kappa shape index (κ3) is 3.02. The van der Waals surface area contributed by atoms with Crippen molar-refractivity contribution in [1.29, 1.82) is 15.8 Å². The number of hydrogen-bond acceptors (Lipinski definition) is 3. The minimum absolute atomic E-state index is 0.322. The second-order valence-electron chi connectivity index (χ2n) is 4.44. The predicted octanol–water partition coefficient (Wildman–Crippen LogP) is 3.28. The van der Waals surface area contributed by atoms with Gasteiger partial charge >= 0.3 is 0 Å². The molecule has 1 atom stereocenters. The fourth-order valence-corrected chi connectivity index (χ4v) is 2.07. The minimum atomic E-state index is -0.322. The quantitative estimate of drug-likeness (QED) is 0.847. The second-order valence-corrected chi connectivity index (χ2v) is 4.44. The van der Waals surface area contributed by atoms with Crippen LogP contribution in [0.25, 0.3) is 0 Å². The molecule has 0 saturated heterocycles. The maximum absolute atomic E-state index is 9.33. The van der Waals surface area contributed by atoms with Gasteiger partial charge in [-0.3, -0.25) is 0 Å². The van der Waals surface area contributed by atoms with Crippen LogP contribution in [0.3, 0.4) is 0 Å². The van der Waals surface area contributed by atoms with Gasteiger partial charge in [0, 0.05) is 0 Å². The van der Waals surface area contributed by atoms with Gasteiger partial charge in [0.25, 0.3) is 0 Å². The van der Waals surface area contributed by atoms with E-state index in [1.54, 1.807) is 30.3 Å². The Morgan fingerprint density at radius 1 is 0.850 bits per heavy atom. The molecule has 0 fully saturated rings. The van der Waals surface area contributed by atoms with E-state index in [9.17, 15) is 5.26 Å². The van der Waals surface area contributed by atoms with Gasteiger partial charge in [-0.1, -0.05) is 24.3 Å². The van der Waals surface area contributed by atoms with Crippen LogP contribution in [0.2, 0.25) is 0 Å². The Kier molecular flexibility index (Phi) is 4.13. The van der Waals surface area contributed by atoms with Crippen LogP contribution in [0, 0.1) is 34.0 Å². The summed E-state index contributed by atoms with van der Waals surface area (Å²) < 4.78 is 0. The Morgan fingerprint density at radius 3 is 2.15 bits per heavy atom. The Bertz CT molecular complexity index is 742. The molecule has 2 aromatic rings. The SMILES string of the molecule is N#Cc1cccc(CC(C#N)c2cccc(C#N)c2)c1. The molecular weight excluding hydrogens is 246 g/mol. The van der Waals surface area contributed by atoms with Crippen LogP contribution in [0.1, 0.15) is 28.2 Å². The zero-order chi connectivity index (χ0) is 14.4. The number of nitriles is 3. The van der Waals surface area contributed by atoms with Crippen LogP contribution in [0.4, 0.5) is 0 Å². The van der Waals surface area contributed by atoms with Crippen LogP contribution in [0.15, 0.2) is 48.5 Å². The summed E-state index contributed by atoms with van der Waals surface area (Å²) >= 11 is 0.